The van der Waals surface area contributed by atoms with Gasteiger partial charge < -0.3 is 23.4 Å². The summed E-state index contributed by atoms with van der Waals surface area (Å²) in [7, 11) is -2.27. The number of benzene rings is 2. The van der Waals surface area contributed by atoms with Crippen LogP contribution in [0.1, 0.15) is 49.9 Å². The number of carbonyl (C=O) groups is 1. The highest BCUT2D eigenvalue weighted by Crippen LogP contribution is 2.44. The molecule has 36 heavy (non-hydrogen) atoms. The standard InChI is InChI=1S/C28H38O6SSi/c1-7-35-27-24(32-25(29)19-14-10-8-11-15-19)23(34-36(5,6)28(2,3)4)22-21(31-27)18-30-26(33-22)20-16-12-9-13-17-20/h8-17,21-24,26-27H,7,18H2,1-6H3/t21?,22-,23+,24?,26?,27+/m1/s1. The highest BCUT2D eigenvalue weighted by molar-refractivity contribution is 7.99. The smallest absolute Gasteiger partial charge is 0.338 e. The van der Waals surface area contributed by atoms with E-state index in [2.05, 4.69) is 40.8 Å². The molecule has 2 fully saturated rings. The van der Waals surface area contributed by atoms with Crippen molar-refractivity contribution in [3.05, 3.63) is 71.8 Å². The maximum atomic E-state index is 13.2. The van der Waals surface area contributed by atoms with E-state index in [-0.39, 0.29) is 22.5 Å². The number of ether oxygens (including phenoxy) is 4. The zero-order valence-corrected chi connectivity index (χ0v) is 23.8. The summed E-state index contributed by atoms with van der Waals surface area (Å²) < 4.78 is 32.3. The van der Waals surface area contributed by atoms with Crippen molar-refractivity contribution in [1.82, 2.24) is 0 Å². The van der Waals surface area contributed by atoms with Crippen LogP contribution in [0.4, 0.5) is 0 Å². The molecule has 3 unspecified atom stereocenters. The molecule has 2 saturated heterocycles. The number of hydrogen-bond donors (Lipinski definition) is 0. The number of thioether (sulfide) groups is 1. The van der Waals surface area contributed by atoms with Crippen molar-refractivity contribution >= 4 is 26.0 Å². The fraction of sp³-hybridized carbons (Fsp3) is 0.536. The van der Waals surface area contributed by atoms with Crippen LogP contribution in [0.3, 0.4) is 0 Å². The highest BCUT2D eigenvalue weighted by atomic mass is 32.2. The molecular weight excluding hydrogens is 492 g/mol. The van der Waals surface area contributed by atoms with E-state index in [0.29, 0.717) is 12.2 Å². The summed E-state index contributed by atoms with van der Waals surface area (Å²) >= 11 is 1.61. The van der Waals surface area contributed by atoms with Gasteiger partial charge in [0.1, 0.15) is 23.7 Å². The van der Waals surface area contributed by atoms with Gasteiger partial charge in [0.2, 0.25) is 0 Å². The highest BCUT2D eigenvalue weighted by Gasteiger charge is 2.55. The molecule has 4 rings (SSSR count). The van der Waals surface area contributed by atoms with Crippen LogP contribution in [-0.2, 0) is 23.4 Å². The third-order valence-corrected chi connectivity index (χ3v) is 12.7. The van der Waals surface area contributed by atoms with Gasteiger partial charge in [0.15, 0.2) is 20.7 Å². The average Bonchev–Trinajstić information content (AvgIpc) is 2.86. The maximum Gasteiger partial charge on any atom is 0.338 e. The van der Waals surface area contributed by atoms with Crippen molar-refractivity contribution in [3.63, 3.8) is 0 Å². The van der Waals surface area contributed by atoms with Gasteiger partial charge >= 0.3 is 5.97 Å². The van der Waals surface area contributed by atoms with Gasteiger partial charge in [-0.3, -0.25) is 0 Å². The van der Waals surface area contributed by atoms with Crippen LogP contribution in [0.15, 0.2) is 60.7 Å². The fourth-order valence-electron chi connectivity index (χ4n) is 4.17. The number of rotatable bonds is 7. The molecule has 0 aliphatic carbocycles. The topological polar surface area (TPSA) is 63.2 Å². The Morgan fingerprint density at radius 1 is 1.00 bits per heavy atom. The molecule has 2 heterocycles. The lowest BCUT2D eigenvalue weighted by Crippen LogP contribution is -2.65. The monoisotopic (exact) mass is 530 g/mol. The molecule has 196 valence electrons. The summed E-state index contributed by atoms with van der Waals surface area (Å²) in [6.07, 6.45) is -2.43. The Hall–Kier alpha value is -1.68. The Kier molecular flexibility index (Phi) is 8.64. The normalized spacial score (nSPS) is 28.8. The molecule has 0 saturated carbocycles. The van der Waals surface area contributed by atoms with Gasteiger partial charge in [0.05, 0.1) is 12.2 Å². The van der Waals surface area contributed by atoms with Crippen LogP contribution >= 0.6 is 11.8 Å². The minimum absolute atomic E-state index is 0.0355. The lowest BCUT2D eigenvalue weighted by molar-refractivity contribution is -0.315. The Bertz CT molecular complexity index is 996. The summed E-state index contributed by atoms with van der Waals surface area (Å²) in [5.41, 5.74) is 1.05. The van der Waals surface area contributed by atoms with E-state index in [1.165, 1.54) is 0 Å². The fourth-order valence-corrected chi connectivity index (χ4v) is 6.42. The largest absolute Gasteiger partial charge is 0.452 e. The maximum absolute atomic E-state index is 13.2. The lowest BCUT2D eigenvalue weighted by Gasteiger charge is -2.51. The van der Waals surface area contributed by atoms with E-state index in [1.807, 2.05) is 48.5 Å². The van der Waals surface area contributed by atoms with E-state index in [0.717, 1.165) is 11.3 Å². The molecule has 0 N–H and O–H groups in total. The molecule has 0 spiro atoms. The molecule has 0 aromatic heterocycles. The minimum atomic E-state index is -2.27. The molecule has 6 nitrogen and oxygen atoms in total. The predicted molar refractivity (Wildman–Crippen MR) is 145 cm³/mol. The Morgan fingerprint density at radius 3 is 2.25 bits per heavy atom. The summed E-state index contributed by atoms with van der Waals surface area (Å²) in [5, 5.41) is -0.0355. The second-order valence-electron chi connectivity index (χ2n) is 10.8. The first-order valence-electron chi connectivity index (χ1n) is 12.6. The van der Waals surface area contributed by atoms with E-state index in [9.17, 15) is 4.79 Å². The third kappa shape index (κ3) is 6.06. The van der Waals surface area contributed by atoms with Crippen LogP contribution in [0.5, 0.6) is 0 Å². The minimum Gasteiger partial charge on any atom is -0.452 e. The van der Waals surface area contributed by atoms with Gasteiger partial charge in [-0.15, -0.1) is 11.8 Å². The first-order valence-corrected chi connectivity index (χ1v) is 16.6. The average molecular weight is 531 g/mol. The molecule has 2 aliphatic rings. The SMILES string of the molecule is CCS[C@@H]1OC2COC(c3ccccc3)O[C@H]2[C@H](O[Si](C)(C)C(C)(C)C)C1OC(=O)c1ccccc1. The van der Waals surface area contributed by atoms with Crippen LogP contribution in [0, 0.1) is 0 Å². The zero-order valence-electron chi connectivity index (χ0n) is 22.0. The number of hydrogen-bond acceptors (Lipinski definition) is 7. The molecule has 6 atom stereocenters. The van der Waals surface area contributed by atoms with Crippen molar-refractivity contribution in [2.24, 2.45) is 0 Å². The van der Waals surface area contributed by atoms with Crippen molar-refractivity contribution in [1.29, 1.82) is 0 Å². The van der Waals surface area contributed by atoms with Crippen molar-refractivity contribution in [2.75, 3.05) is 12.4 Å². The summed E-state index contributed by atoms with van der Waals surface area (Å²) in [4.78, 5) is 13.2. The van der Waals surface area contributed by atoms with Crippen LogP contribution in [0.25, 0.3) is 0 Å². The first-order chi connectivity index (χ1) is 17.1. The van der Waals surface area contributed by atoms with Gasteiger partial charge in [-0.1, -0.05) is 76.2 Å². The summed E-state index contributed by atoms with van der Waals surface area (Å²) in [5.74, 6) is 0.419. The van der Waals surface area contributed by atoms with E-state index < -0.39 is 32.9 Å². The molecule has 8 heteroatoms. The van der Waals surface area contributed by atoms with Gasteiger partial charge in [-0.05, 0) is 36.0 Å². The van der Waals surface area contributed by atoms with Crippen molar-refractivity contribution in [3.8, 4) is 0 Å². The molecule has 0 radical (unpaired) electrons. The Balaban J connectivity index is 1.68. The van der Waals surface area contributed by atoms with E-state index >= 15 is 0 Å². The van der Waals surface area contributed by atoms with Crippen LogP contribution < -0.4 is 0 Å². The quantitative estimate of drug-likeness (QED) is 0.312. The summed E-state index contributed by atoms with van der Waals surface area (Å²) in [6, 6.07) is 18.9. The Labute approximate surface area is 220 Å². The molecule has 0 amide bonds. The van der Waals surface area contributed by atoms with Gasteiger partial charge in [0.25, 0.3) is 0 Å². The second-order valence-corrected chi connectivity index (χ2v) is 16.9. The predicted octanol–water partition coefficient (Wildman–Crippen LogP) is 6.19. The van der Waals surface area contributed by atoms with E-state index in [4.69, 9.17) is 23.4 Å². The zero-order chi connectivity index (χ0) is 25.9. The number of esters is 1. The van der Waals surface area contributed by atoms with Crippen molar-refractivity contribution in [2.45, 2.75) is 82.0 Å². The van der Waals surface area contributed by atoms with Gasteiger partial charge in [-0.25, -0.2) is 4.79 Å². The summed E-state index contributed by atoms with van der Waals surface area (Å²) in [6.45, 7) is 13.5. The van der Waals surface area contributed by atoms with Gasteiger partial charge in [0, 0.05) is 5.56 Å². The molecule has 2 aromatic carbocycles. The number of carbonyl (C=O) groups excluding carboxylic acids is 1. The third-order valence-electron chi connectivity index (χ3n) is 7.18. The van der Waals surface area contributed by atoms with Crippen molar-refractivity contribution < 1.29 is 28.2 Å². The Morgan fingerprint density at radius 2 is 1.64 bits per heavy atom. The van der Waals surface area contributed by atoms with Gasteiger partial charge in [-0.2, -0.15) is 0 Å². The molecule has 2 aromatic rings. The number of fused-ring (bicyclic) bond motifs is 1. The molecular formula is C28H38O6SSi. The van der Waals surface area contributed by atoms with Crippen LogP contribution in [0.2, 0.25) is 18.1 Å². The molecule has 0 bridgehead atoms. The lowest BCUT2D eigenvalue weighted by atomic mass is 9.98. The van der Waals surface area contributed by atoms with Crippen LogP contribution in [-0.4, -0.2) is 56.5 Å². The van der Waals surface area contributed by atoms with E-state index in [1.54, 1.807) is 23.9 Å². The molecule has 2 aliphatic heterocycles. The first kappa shape index (κ1) is 27.4. The second kappa shape index (κ2) is 11.4.